The molecule has 0 radical (unpaired) electrons. The van der Waals surface area contributed by atoms with E-state index in [0.29, 0.717) is 13.2 Å². The second-order valence-corrected chi connectivity index (χ2v) is 23.9. The summed E-state index contributed by atoms with van der Waals surface area (Å²) in [6.07, 6.45) is 0.853. The van der Waals surface area contributed by atoms with Gasteiger partial charge in [-0.3, -0.25) is 0 Å². The lowest BCUT2D eigenvalue weighted by molar-refractivity contribution is 0.108. The quantitative estimate of drug-likeness (QED) is 0.231. The van der Waals surface area contributed by atoms with Crippen molar-refractivity contribution in [3.63, 3.8) is 0 Å². The zero-order chi connectivity index (χ0) is 18.4. The molecule has 27 heavy (non-hydrogen) atoms. The van der Waals surface area contributed by atoms with Crippen molar-refractivity contribution in [2.24, 2.45) is 0 Å². The normalized spacial score (nSPS) is 14.0. The molecule has 0 aromatic heterocycles. The minimum Gasteiger partial charge on any atom is -0.437 e. The Hall–Kier alpha value is 0.668. The van der Waals surface area contributed by atoms with E-state index in [2.05, 4.69) is 52.4 Å². The van der Waals surface area contributed by atoms with E-state index < -0.39 is 34.0 Å². The fourth-order valence-electron chi connectivity index (χ4n) is 2.40. The first-order chi connectivity index (χ1) is 10.2. The maximum absolute atomic E-state index is 6.42. The molecule has 0 aromatic carbocycles. The second kappa shape index (κ2) is 15.5. The van der Waals surface area contributed by atoms with Crippen LogP contribution in [0.25, 0.3) is 0 Å². The summed E-state index contributed by atoms with van der Waals surface area (Å²) >= 11 is 0. The van der Waals surface area contributed by atoms with Crippen LogP contribution in [-0.2, 0) is 21.5 Å². The van der Waals surface area contributed by atoms with Gasteiger partial charge in [-0.25, -0.2) is 0 Å². The van der Waals surface area contributed by atoms with Gasteiger partial charge in [0.1, 0.15) is 0 Å². The van der Waals surface area contributed by atoms with Crippen LogP contribution in [0.1, 0.15) is 43.1 Å². The maximum atomic E-state index is 6.42. The predicted molar refractivity (Wildman–Crippen MR) is 133 cm³/mol. The van der Waals surface area contributed by atoms with Gasteiger partial charge in [0.2, 0.25) is 0 Å². The van der Waals surface area contributed by atoms with Gasteiger partial charge in [-0.05, 0) is 65.7 Å². The predicted octanol–water partition coefficient (Wildman–Crippen LogP) is 6.96. The topological polar surface area (TPSA) is 46.2 Å². The number of hydrogen-bond acceptors (Lipinski definition) is 5. The fourth-order valence-corrected chi connectivity index (χ4v) is 18.4. The lowest BCUT2D eigenvalue weighted by Crippen LogP contribution is -2.58. The molecule has 172 valence electrons. The minimum absolute atomic E-state index is 0. The van der Waals surface area contributed by atoms with Crippen LogP contribution in [0.15, 0.2) is 0 Å². The summed E-state index contributed by atoms with van der Waals surface area (Å²) < 4.78 is 30.6. The molecule has 0 aromatic rings. The molecule has 5 nitrogen and oxygen atoms in total. The molecule has 0 rings (SSSR count). The summed E-state index contributed by atoms with van der Waals surface area (Å²) in [7, 11) is -8.43. The second-order valence-electron chi connectivity index (χ2n) is 8.19. The molecule has 1 unspecified atom stereocenters. The van der Waals surface area contributed by atoms with Crippen molar-refractivity contribution in [1.82, 2.24) is 0 Å². The zero-order valence-corrected chi connectivity index (χ0v) is 20.9. The monoisotopic (exact) mass is 462 g/mol. The van der Waals surface area contributed by atoms with Crippen LogP contribution in [0.2, 0.25) is 58.9 Å². The van der Waals surface area contributed by atoms with Crippen molar-refractivity contribution in [2.75, 3.05) is 19.8 Å². The highest BCUT2D eigenvalue weighted by Gasteiger charge is 2.46. The van der Waals surface area contributed by atoms with Gasteiger partial charge < -0.3 is 21.5 Å². The molecule has 0 aliphatic heterocycles. The molecule has 0 amide bonds. The van der Waals surface area contributed by atoms with Gasteiger partial charge >= 0.3 is 17.4 Å². The third kappa shape index (κ3) is 22.8. The van der Waals surface area contributed by atoms with Gasteiger partial charge in [0.05, 0.1) is 0 Å². The van der Waals surface area contributed by atoms with E-state index >= 15 is 0 Å². The molecule has 9 heteroatoms. The van der Waals surface area contributed by atoms with E-state index in [1.165, 1.54) is 0 Å². The Bertz CT molecular complexity index is 344. The van der Waals surface area contributed by atoms with Crippen LogP contribution >= 0.6 is 0 Å². The Kier molecular flexibility index (Phi) is 22.0. The smallest absolute Gasteiger partial charge is 0.437 e. The third-order valence-corrected chi connectivity index (χ3v) is 15.0. The zero-order valence-electron chi connectivity index (χ0n) is 16.9. The highest BCUT2D eigenvalue weighted by atomic mass is 28.5. The fraction of sp³-hybridized carbons (Fsp3) is 1.00. The molecule has 0 bridgehead atoms. The molecule has 0 aliphatic rings. The lowest BCUT2D eigenvalue weighted by Gasteiger charge is -2.40. The van der Waals surface area contributed by atoms with Gasteiger partial charge in [0.15, 0.2) is 16.6 Å². The van der Waals surface area contributed by atoms with Crippen molar-refractivity contribution in [3.8, 4) is 0 Å². The Balaban J connectivity index is -0.000000403. The summed E-state index contributed by atoms with van der Waals surface area (Å²) in [5, 5.41) is 0. The first kappa shape index (κ1) is 38.3. The van der Waals surface area contributed by atoms with Gasteiger partial charge in [-0.1, -0.05) is 29.7 Å². The Morgan fingerprint density at radius 2 is 1.04 bits per heavy atom. The molecule has 0 saturated heterocycles. The van der Waals surface area contributed by atoms with Crippen molar-refractivity contribution >= 4 is 34.0 Å². The average molecular weight is 463 g/mol. The molecule has 0 heterocycles. The first-order valence-corrected chi connectivity index (χ1v) is 20.4. The van der Waals surface area contributed by atoms with Crippen LogP contribution in [-0.4, -0.2) is 53.8 Å². The molecule has 0 N–H and O–H groups in total. The number of rotatable bonds is 12. The summed E-state index contributed by atoms with van der Waals surface area (Å²) in [5.41, 5.74) is 0. The average Bonchev–Trinajstić information content (AvgIpc) is 2.20. The summed E-state index contributed by atoms with van der Waals surface area (Å²) in [6, 6.07) is 0. The van der Waals surface area contributed by atoms with E-state index in [4.69, 9.17) is 21.5 Å². The Labute approximate surface area is 177 Å². The van der Waals surface area contributed by atoms with Crippen LogP contribution < -0.4 is 0 Å². The van der Waals surface area contributed by atoms with Crippen molar-refractivity contribution in [2.45, 2.75) is 102 Å². The highest BCUT2D eigenvalue weighted by Crippen LogP contribution is 2.24. The van der Waals surface area contributed by atoms with Crippen molar-refractivity contribution in [1.29, 1.82) is 0 Å². The third-order valence-electron chi connectivity index (χ3n) is 2.48. The maximum Gasteiger partial charge on any atom is 0.478 e. The molecule has 1 atom stereocenters. The lowest BCUT2D eigenvalue weighted by atomic mass is 10.5. The van der Waals surface area contributed by atoms with E-state index in [-0.39, 0.29) is 29.7 Å². The van der Waals surface area contributed by atoms with Crippen molar-refractivity contribution in [3.05, 3.63) is 0 Å². The van der Waals surface area contributed by atoms with Crippen LogP contribution in [0.3, 0.4) is 0 Å². The van der Waals surface area contributed by atoms with E-state index in [1.54, 1.807) is 0 Å². The largest absolute Gasteiger partial charge is 0.478 e. The molecule has 0 aliphatic carbocycles. The van der Waals surface area contributed by atoms with Crippen LogP contribution in [0, 0.1) is 0 Å². The molecule has 0 spiro atoms. The Morgan fingerprint density at radius 3 is 1.41 bits per heavy atom. The minimum atomic E-state index is -2.72. The van der Waals surface area contributed by atoms with Crippen LogP contribution in [0.5, 0.6) is 0 Å². The van der Waals surface area contributed by atoms with E-state index in [0.717, 1.165) is 13.0 Å². The van der Waals surface area contributed by atoms with Crippen molar-refractivity contribution < 1.29 is 21.5 Å². The van der Waals surface area contributed by atoms with Gasteiger partial charge in [-0.15, -0.1) is 0 Å². The SMILES string of the molecule is C.C.C.C.CCOCCCO[Si](C)(O[Si](C)(C)C)O[Si](C)(C)O[Si](C)(C)C. The first-order valence-electron chi connectivity index (χ1n) is 8.50. The van der Waals surface area contributed by atoms with Gasteiger partial charge in [0, 0.05) is 26.4 Å². The molecule has 0 saturated carbocycles. The van der Waals surface area contributed by atoms with Gasteiger partial charge in [-0.2, -0.15) is 0 Å². The number of hydrogen-bond donors (Lipinski definition) is 0. The summed E-state index contributed by atoms with van der Waals surface area (Å²) in [5.74, 6) is 0. The van der Waals surface area contributed by atoms with E-state index in [9.17, 15) is 0 Å². The summed E-state index contributed by atoms with van der Waals surface area (Å²) in [6.45, 7) is 23.3. The number of ether oxygens (including phenoxy) is 1. The molecular weight excluding hydrogens is 409 g/mol. The summed E-state index contributed by atoms with van der Waals surface area (Å²) in [4.78, 5) is 0. The standard InChI is InChI=1S/C14H38O5Si4.4CH4/c1-11-15-13-12-14-16-23(10,18-21(5,6)7)19-22(8,9)17-20(2,3)4;;;;/h11-14H2,1-10H3;4*1H4. The Morgan fingerprint density at radius 1 is 0.593 bits per heavy atom. The van der Waals surface area contributed by atoms with E-state index in [1.807, 2.05) is 13.5 Å². The van der Waals surface area contributed by atoms with Gasteiger partial charge in [0.25, 0.3) is 0 Å². The molecular formula is C18H54O5Si4. The molecule has 0 fully saturated rings. The highest BCUT2D eigenvalue weighted by molar-refractivity contribution is 6.87. The van der Waals surface area contributed by atoms with Crippen LogP contribution in [0.4, 0.5) is 0 Å².